The molecule has 1 amide bonds. The summed E-state index contributed by atoms with van der Waals surface area (Å²) in [4.78, 5) is 14.5. The second kappa shape index (κ2) is 5.01. The summed E-state index contributed by atoms with van der Waals surface area (Å²) in [5.41, 5.74) is 1.42. The number of aromatic hydroxyl groups is 1. The van der Waals surface area contributed by atoms with Crippen LogP contribution in [0.15, 0.2) is 18.2 Å². The molecule has 1 saturated heterocycles. The lowest BCUT2D eigenvalue weighted by Crippen LogP contribution is -2.47. The maximum Gasteiger partial charge on any atom is 0.258 e. The van der Waals surface area contributed by atoms with Crippen LogP contribution in [0.1, 0.15) is 49.0 Å². The molecule has 3 nitrogen and oxygen atoms in total. The molecule has 0 aliphatic carbocycles. The second-order valence-corrected chi connectivity index (χ2v) is 5.36. The van der Waals surface area contributed by atoms with Crippen LogP contribution in [-0.2, 0) is 0 Å². The number of likely N-dealkylation sites (tertiary alicyclic amines) is 1. The predicted octanol–water partition coefficient (Wildman–Crippen LogP) is 3.10. The number of hydrogen-bond donors (Lipinski definition) is 1. The molecule has 0 spiro atoms. The highest BCUT2D eigenvalue weighted by molar-refractivity contribution is 5.97. The summed E-state index contributed by atoms with van der Waals surface area (Å²) in [6.07, 6.45) is 3.26. The first-order valence-corrected chi connectivity index (χ1v) is 6.63. The van der Waals surface area contributed by atoms with E-state index in [4.69, 9.17) is 0 Å². The summed E-state index contributed by atoms with van der Waals surface area (Å²) in [7, 11) is 0. The van der Waals surface area contributed by atoms with E-state index in [1.807, 2.05) is 17.9 Å². The third-order valence-corrected chi connectivity index (χ3v) is 3.81. The molecule has 0 aromatic heterocycles. The monoisotopic (exact) mass is 247 g/mol. The third-order valence-electron chi connectivity index (χ3n) is 3.81. The molecule has 3 heteroatoms. The molecule has 1 aromatic carbocycles. The van der Waals surface area contributed by atoms with Gasteiger partial charge in [-0.3, -0.25) is 4.79 Å². The lowest BCUT2D eigenvalue weighted by atomic mass is 9.96. The normalized spacial score (nSPS) is 24.1. The molecule has 1 fully saturated rings. The minimum Gasteiger partial charge on any atom is -0.507 e. The van der Waals surface area contributed by atoms with Crippen molar-refractivity contribution >= 4 is 5.91 Å². The maximum absolute atomic E-state index is 12.6. The first kappa shape index (κ1) is 12.9. The lowest BCUT2D eigenvalue weighted by molar-refractivity contribution is 0.0508. The Morgan fingerprint density at radius 2 is 1.89 bits per heavy atom. The van der Waals surface area contributed by atoms with E-state index >= 15 is 0 Å². The second-order valence-electron chi connectivity index (χ2n) is 5.36. The molecule has 2 rings (SSSR count). The van der Waals surface area contributed by atoms with Crippen LogP contribution < -0.4 is 0 Å². The van der Waals surface area contributed by atoms with Crippen LogP contribution in [0.3, 0.4) is 0 Å². The molecule has 0 saturated carbocycles. The number of carbonyl (C=O) groups is 1. The zero-order chi connectivity index (χ0) is 13.3. The summed E-state index contributed by atoms with van der Waals surface area (Å²) < 4.78 is 0. The van der Waals surface area contributed by atoms with E-state index in [-0.39, 0.29) is 23.7 Å². The number of aryl methyl sites for hydroxylation is 1. The van der Waals surface area contributed by atoms with Crippen molar-refractivity contribution in [2.24, 2.45) is 0 Å². The first-order chi connectivity index (χ1) is 8.50. The number of piperidine rings is 1. The van der Waals surface area contributed by atoms with Crippen molar-refractivity contribution in [2.75, 3.05) is 0 Å². The molecule has 1 aliphatic rings. The smallest absolute Gasteiger partial charge is 0.258 e. The zero-order valence-corrected chi connectivity index (χ0v) is 11.3. The number of benzene rings is 1. The Morgan fingerprint density at radius 3 is 2.50 bits per heavy atom. The van der Waals surface area contributed by atoms with Gasteiger partial charge in [-0.25, -0.2) is 0 Å². The Hall–Kier alpha value is -1.51. The molecule has 0 bridgehead atoms. The average molecular weight is 247 g/mol. The number of amides is 1. The van der Waals surface area contributed by atoms with Crippen molar-refractivity contribution < 1.29 is 9.90 Å². The van der Waals surface area contributed by atoms with E-state index in [0.29, 0.717) is 5.56 Å². The van der Waals surface area contributed by atoms with Gasteiger partial charge in [0.15, 0.2) is 0 Å². The highest BCUT2D eigenvalue weighted by Crippen LogP contribution is 2.27. The van der Waals surface area contributed by atoms with Crippen molar-refractivity contribution in [3.63, 3.8) is 0 Å². The zero-order valence-electron chi connectivity index (χ0n) is 11.3. The molecule has 1 aliphatic heterocycles. The van der Waals surface area contributed by atoms with Crippen LogP contribution in [0.25, 0.3) is 0 Å². The number of nitrogens with zero attached hydrogens (tertiary/aromatic N) is 1. The van der Waals surface area contributed by atoms with Crippen LogP contribution in [0.2, 0.25) is 0 Å². The van der Waals surface area contributed by atoms with Crippen LogP contribution in [0.5, 0.6) is 5.75 Å². The highest BCUT2D eigenvalue weighted by atomic mass is 16.3. The Labute approximate surface area is 108 Å². The van der Waals surface area contributed by atoms with Gasteiger partial charge in [0.25, 0.3) is 5.91 Å². The van der Waals surface area contributed by atoms with Gasteiger partial charge < -0.3 is 10.0 Å². The van der Waals surface area contributed by atoms with E-state index in [0.717, 1.165) is 18.4 Å². The van der Waals surface area contributed by atoms with Crippen molar-refractivity contribution in [2.45, 2.75) is 52.1 Å². The molecular weight excluding hydrogens is 226 g/mol. The minimum atomic E-state index is -0.0455. The Balaban J connectivity index is 2.32. The van der Waals surface area contributed by atoms with Gasteiger partial charge in [-0.2, -0.15) is 0 Å². The van der Waals surface area contributed by atoms with Crippen molar-refractivity contribution in [3.05, 3.63) is 29.3 Å². The number of hydrogen-bond acceptors (Lipinski definition) is 2. The van der Waals surface area contributed by atoms with E-state index in [2.05, 4.69) is 13.8 Å². The summed E-state index contributed by atoms with van der Waals surface area (Å²) in [6, 6.07) is 5.69. The van der Waals surface area contributed by atoms with E-state index in [1.165, 1.54) is 6.42 Å². The molecule has 0 radical (unpaired) electrons. The standard InChI is InChI=1S/C15H21NO2/c1-10-7-8-14(17)13(9-10)15(18)16-11(2)5-4-6-12(16)3/h7-9,11-12,17H,4-6H2,1-3H3/t11-,12+. The molecule has 1 heterocycles. The largest absolute Gasteiger partial charge is 0.507 e. The van der Waals surface area contributed by atoms with Gasteiger partial charge in [-0.05, 0) is 52.2 Å². The molecule has 1 N–H and O–H groups in total. The predicted molar refractivity (Wildman–Crippen MR) is 71.8 cm³/mol. The van der Waals surface area contributed by atoms with Crippen molar-refractivity contribution in [1.82, 2.24) is 4.90 Å². The number of rotatable bonds is 1. The van der Waals surface area contributed by atoms with Crippen LogP contribution >= 0.6 is 0 Å². The van der Waals surface area contributed by atoms with Gasteiger partial charge in [-0.15, -0.1) is 0 Å². The van der Waals surface area contributed by atoms with Gasteiger partial charge in [0.2, 0.25) is 0 Å². The van der Waals surface area contributed by atoms with Crippen molar-refractivity contribution in [1.29, 1.82) is 0 Å². The Morgan fingerprint density at radius 1 is 1.28 bits per heavy atom. The number of phenolic OH excluding ortho intramolecular Hbond substituents is 1. The fraction of sp³-hybridized carbons (Fsp3) is 0.533. The van der Waals surface area contributed by atoms with Gasteiger partial charge >= 0.3 is 0 Å². The lowest BCUT2D eigenvalue weighted by Gasteiger charge is -2.39. The van der Waals surface area contributed by atoms with Crippen LogP contribution in [-0.4, -0.2) is 28.0 Å². The van der Waals surface area contributed by atoms with Crippen LogP contribution in [0, 0.1) is 6.92 Å². The van der Waals surface area contributed by atoms with Crippen LogP contribution in [0.4, 0.5) is 0 Å². The number of carbonyl (C=O) groups excluding carboxylic acids is 1. The van der Waals surface area contributed by atoms with Gasteiger partial charge in [0.1, 0.15) is 5.75 Å². The molecular formula is C15H21NO2. The summed E-state index contributed by atoms with van der Waals surface area (Å²) >= 11 is 0. The highest BCUT2D eigenvalue weighted by Gasteiger charge is 2.30. The van der Waals surface area contributed by atoms with Gasteiger partial charge in [0.05, 0.1) is 5.56 Å². The Kier molecular flexibility index (Phi) is 3.60. The van der Waals surface area contributed by atoms with Gasteiger partial charge in [0, 0.05) is 12.1 Å². The summed E-state index contributed by atoms with van der Waals surface area (Å²) in [5, 5.41) is 9.86. The van der Waals surface area contributed by atoms with E-state index in [1.54, 1.807) is 12.1 Å². The topological polar surface area (TPSA) is 40.5 Å². The fourth-order valence-electron chi connectivity index (χ4n) is 2.78. The third kappa shape index (κ3) is 2.35. The summed E-state index contributed by atoms with van der Waals surface area (Å²) in [5.74, 6) is 0.0338. The van der Waals surface area contributed by atoms with Gasteiger partial charge in [-0.1, -0.05) is 11.6 Å². The fourth-order valence-corrected chi connectivity index (χ4v) is 2.78. The van der Waals surface area contributed by atoms with Crippen molar-refractivity contribution in [3.8, 4) is 5.75 Å². The Bertz CT molecular complexity index is 446. The molecule has 18 heavy (non-hydrogen) atoms. The summed E-state index contributed by atoms with van der Waals surface area (Å²) in [6.45, 7) is 6.10. The quantitative estimate of drug-likeness (QED) is 0.828. The molecule has 2 atom stereocenters. The van der Waals surface area contributed by atoms with E-state index < -0.39 is 0 Å². The SMILES string of the molecule is Cc1ccc(O)c(C(=O)N2[C@H](C)CCC[C@@H]2C)c1. The maximum atomic E-state index is 12.6. The molecule has 1 aromatic rings. The molecule has 0 unspecified atom stereocenters. The average Bonchev–Trinajstić information content (AvgIpc) is 2.32. The first-order valence-electron chi connectivity index (χ1n) is 6.63. The van der Waals surface area contributed by atoms with E-state index in [9.17, 15) is 9.90 Å². The molecule has 98 valence electrons. The minimum absolute atomic E-state index is 0.0455. The number of phenols is 1.